The van der Waals surface area contributed by atoms with E-state index < -0.39 is 0 Å². The summed E-state index contributed by atoms with van der Waals surface area (Å²) in [6, 6.07) is 10.0. The molecule has 0 unspecified atom stereocenters. The third kappa shape index (κ3) is 3.66. The van der Waals surface area contributed by atoms with Crippen LogP contribution in [0, 0.1) is 25.2 Å². The van der Waals surface area contributed by atoms with Crippen molar-refractivity contribution in [2.45, 2.75) is 20.4 Å². The summed E-state index contributed by atoms with van der Waals surface area (Å²) in [5.74, 6) is 0.839. The molecule has 1 aliphatic rings. The molecule has 5 heteroatoms. The molecule has 2 aromatic rings. The van der Waals surface area contributed by atoms with E-state index in [0.717, 1.165) is 49.9 Å². The molecule has 1 aromatic carbocycles. The van der Waals surface area contributed by atoms with Gasteiger partial charge in [0.2, 0.25) is 5.95 Å². The molecule has 118 valence electrons. The standard InChI is InChI=1S/C18H21N5/c1-14-12-20-18(21-15(14)2)23-9-7-22(8-10-23)13-17-5-3-16(11-19)4-6-17/h3-6,12H,7-10,13H2,1-2H3. The lowest BCUT2D eigenvalue weighted by atomic mass is 10.1. The summed E-state index contributed by atoms with van der Waals surface area (Å²) in [7, 11) is 0. The van der Waals surface area contributed by atoms with Gasteiger partial charge in [-0.25, -0.2) is 9.97 Å². The predicted molar refractivity (Wildman–Crippen MR) is 90.2 cm³/mol. The summed E-state index contributed by atoms with van der Waals surface area (Å²) in [6.45, 7) is 8.87. The van der Waals surface area contributed by atoms with Crippen molar-refractivity contribution in [1.29, 1.82) is 5.26 Å². The van der Waals surface area contributed by atoms with Gasteiger partial charge in [0.1, 0.15) is 0 Å². The van der Waals surface area contributed by atoms with Crippen LogP contribution in [0.25, 0.3) is 0 Å². The van der Waals surface area contributed by atoms with Crippen LogP contribution < -0.4 is 4.90 Å². The Kier molecular flexibility index (Phi) is 4.54. The van der Waals surface area contributed by atoms with E-state index in [1.807, 2.05) is 44.3 Å². The third-order valence-corrected chi connectivity index (χ3v) is 4.36. The van der Waals surface area contributed by atoms with E-state index in [1.54, 1.807) is 0 Å². The third-order valence-electron chi connectivity index (χ3n) is 4.36. The molecule has 2 heterocycles. The topological polar surface area (TPSA) is 56.1 Å². The van der Waals surface area contributed by atoms with Gasteiger partial charge in [0.05, 0.1) is 11.6 Å². The zero-order valence-corrected chi connectivity index (χ0v) is 13.7. The van der Waals surface area contributed by atoms with Crippen molar-refractivity contribution in [2.24, 2.45) is 0 Å². The van der Waals surface area contributed by atoms with Crippen LogP contribution in [-0.2, 0) is 6.54 Å². The molecule has 1 fully saturated rings. The molecule has 0 radical (unpaired) electrons. The fourth-order valence-electron chi connectivity index (χ4n) is 2.72. The first-order chi connectivity index (χ1) is 11.2. The maximum atomic E-state index is 8.85. The number of piperazine rings is 1. The molecule has 0 aliphatic carbocycles. The highest BCUT2D eigenvalue weighted by Gasteiger charge is 2.19. The zero-order chi connectivity index (χ0) is 16.2. The highest BCUT2D eigenvalue weighted by molar-refractivity contribution is 5.34. The number of nitriles is 1. The van der Waals surface area contributed by atoms with Gasteiger partial charge in [0, 0.05) is 44.6 Å². The second-order valence-corrected chi connectivity index (χ2v) is 6.01. The number of nitrogens with zero attached hydrogens (tertiary/aromatic N) is 5. The summed E-state index contributed by atoms with van der Waals surface area (Å²) in [6.07, 6.45) is 1.90. The lowest BCUT2D eigenvalue weighted by Crippen LogP contribution is -2.46. The van der Waals surface area contributed by atoms with Crippen LogP contribution in [0.15, 0.2) is 30.5 Å². The van der Waals surface area contributed by atoms with Crippen molar-refractivity contribution >= 4 is 5.95 Å². The Balaban J connectivity index is 1.57. The number of anilines is 1. The highest BCUT2D eigenvalue weighted by Crippen LogP contribution is 2.15. The van der Waals surface area contributed by atoms with Crippen LogP contribution in [-0.4, -0.2) is 41.0 Å². The van der Waals surface area contributed by atoms with Gasteiger partial charge in [-0.3, -0.25) is 4.90 Å². The van der Waals surface area contributed by atoms with E-state index in [4.69, 9.17) is 5.26 Å². The van der Waals surface area contributed by atoms with Crippen LogP contribution >= 0.6 is 0 Å². The summed E-state index contributed by atoms with van der Waals surface area (Å²) >= 11 is 0. The summed E-state index contributed by atoms with van der Waals surface area (Å²) in [4.78, 5) is 13.7. The summed E-state index contributed by atoms with van der Waals surface area (Å²) < 4.78 is 0. The second kappa shape index (κ2) is 6.76. The first kappa shape index (κ1) is 15.4. The molecule has 0 bridgehead atoms. The van der Waals surface area contributed by atoms with Gasteiger partial charge in [0.25, 0.3) is 0 Å². The van der Waals surface area contributed by atoms with Gasteiger partial charge in [-0.2, -0.15) is 5.26 Å². The quantitative estimate of drug-likeness (QED) is 0.871. The molecule has 1 aliphatic heterocycles. The Hall–Kier alpha value is -2.45. The monoisotopic (exact) mass is 307 g/mol. The van der Waals surface area contributed by atoms with Crippen LogP contribution in [0.3, 0.4) is 0 Å². The van der Waals surface area contributed by atoms with Gasteiger partial charge in [0.15, 0.2) is 0 Å². The molecule has 0 atom stereocenters. The first-order valence-corrected chi connectivity index (χ1v) is 7.92. The van der Waals surface area contributed by atoms with Crippen molar-refractivity contribution in [3.63, 3.8) is 0 Å². The smallest absolute Gasteiger partial charge is 0.225 e. The average molecular weight is 307 g/mol. The van der Waals surface area contributed by atoms with Gasteiger partial charge < -0.3 is 4.90 Å². The molecule has 23 heavy (non-hydrogen) atoms. The van der Waals surface area contributed by atoms with Gasteiger partial charge in [-0.05, 0) is 37.1 Å². The Bertz CT molecular complexity index is 709. The fourth-order valence-corrected chi connectivity index (χ4v) is 2.72. The number of benzene rings is 1. The lowest BCUT2D eigenvalue weighted by Gasteiger charge is -2.34. The van der Waals surface area contributed by atoms with E-state index in [-0.39, 0.29) is 0 Å². The van der Waals surface area contributed by atoms with Gasteiger partial charge >= 0.3 is 0 Å². The van der Waals surface area contributed by atoms with E-state index >= 15 is 0 Å². The zero-order valence-electron chi connectivity index (χ0n) is 13.7. The minimum absolute atomic E-state index is 0.713. The number of rotatable bonds is 3. The van der Waals surface area contributed by atoms with Crippen LogP contribution in [0.4, 0.5) is 5.95 Å². The predicted octanol–water partition coefficient (Wildman–Crippen LogP) is 2.29. The van der Waals surface area contributed by atoms with Gasteiger partial charge in [-0.15, -0.1) is 0 Å². The minimum atomic E-state index is 0.713. The maximum absolute atomic E-state index is 8.85. The molecular weight excluding hydrogens is 286 g/mol. The van der Waals surface area contributed by atoms with Crippen molar-refractivity contribution in [1.82, 2.24) is 14.9 Å². The van der Waals surface area contributed by atoms with Crippen molar-refractivity contribution < 1.29 is 0 Å². The average Bonchev–Trinajstić information content (AvgIpc) is 2.59. The SMILES string of the molecule is Cc1cnc(N2CCN(Cc3ccc(C#N)cc3)CC2)nc1C. The Morgan fingerprint density at radius 3 is 2.39 bits per heavy atom. The number of aryl methyl sites for hydroxylation is 2. The Morgan fingerprint density at radius 2 is 1.78 bits per heavy atom. The van der Waals surface area contributed by atoms with E-state index in [1.165, 1.54) is 5.56 Å². The molecule has 1 saturated heterocycles. The summed E-state index contributed by atoms with van der Waals surface area (Å²) in [5.41, 5.74) is 4.15. The maximum Gasteiger partial charge on any atom is 0.225 e. The highest BCUT2D eigenvalue weighted by atomic mass is 15.3. The number of hydrogen-bond donors (Lipinski definition) is 0. The van der Waals surface area contributed by atoms with Crippen LogP contribution in [0.2, 0.25) is 0 Å². The van der Waals surface area contributed by atoms with E-state index in [0.29, 0.717) is 5.56 Å². The van der Waals surface area contributed by atoms with E-state index in [2.05, 4.69) is 25.8 Å². The molecule has 5 nitrogen and oxygen atoms in total. The fraction of sp³-hybridized carbons (Fsp3) is 0.389. The molecule has 0 amide bonds. The molecular formula is C18H21N5. The first-order valence-electron chi connectivity index (χ1n) is 7.92. The Morgan fingerprint density at radius 1 is 1.09 bits per heavy atom. The van der Waals surface area contributed by atoms with Crippen LogP contribution in [0.5, 0.6) is 0 Å². The van der Waals surface area contributed by atoms with Gasteiger partial charge in [-0.1, -0.05) is 12.1 Å². The normalized spacial score (nSPS) is 15.4. The van der Waals surface area contributed by atoms with Crippen molar-refractivity contribution in [3.05, 3.63) is 52.8 Å². The molecule has 0 saturated carbocycles. The van der Waals surface area contributed by atoms with Crippen LogP contribution in [0.1, 0.15) is 22.4 Å². The summed E-state index contributed by atoms with van der Waals surface area (Å²) in [5, 5.41) is 8.85. The lowest BCUT2D eigenvalue weighted by molar-refractivity contribution is 0.248. The largest absolute Gasteiger partial charge is 0.338 e. The number of hydrogen-bond acceptors (Lipinski definition) is 5. The molecule has 1 aromatic heterocycles. The molecule has 0 N–H and O–H groups in total. The van der Waals surface area contributed by atoms with Crippen molar-refractivity contribution in [3.8, 4) is 6.07 Å². The molecule has 3 rings (SSSR count). The van der Waals surface area contributed by atoms with Crippen molar-refractivity contribution in [2.75, 3.05) is 31.1 Å². The second-order valence-electron chi connectivity index (χ2n) is 6.01. The van der Waals surface area contributed by atoms with E-state index in [9.17, 15) is 0 Å². The minimum Gasteiger partial charge on any atom is -0.338 e. The number of aromatic nitrogens is 2. The Labute approximate surface area is 137 Å². The molecule has 0 spiro atoms.